The monoisotopic (exact) mass is 529 g/mol. The molecule has 186 valence electrons. The van der Waals surface area contributed by atoms with Crippen LogP contribution < -0.4 is 5.32 Å². The normalized spacial score (nSPS) is 21.6. The molecule has 2 aromatic rings. The van der Waals surface area contributed by atoms with Crippen LogP contribution in [0, 0.1) is 18.7 Å². The van der Waals surface area contributed by atoms with E-state index in [-0.39, 0.29) is 18.3 Å². The molecule has 2 aliphatic heterocycles. The van der Waals surface area contributed by atoms with Crippen LogP contribution in [0.15, 0.2) is 29.4 Å². The molecule has 1 atom stereocenters. The van der Waals surface area contributed by atoms with Gasteiger partial charge in [0.05, 0.1) is 16.5 Å². The molecule has 2 aromatic carbocycles. The van der Waals surface area contributed by atoms with Crippen molar-refractivity contribution in [2.45, 2.75) is 51.1 Å². The van der Waals surface area contributed by atoms with Crippen LogP contribution in [0.1, 0.15) is 51.9 Å². The van der Waals surface area contributed by atoms with Crippen molar-refractivity contribution in [2.24, 2.45) is 11.1 Å². The Bertz CT molecular complexity index is 1220. The zero-order valence-electron chi connectivity index (χ0n) is 18.6. The van der Waals surface area contributed by atoms with Crippen LogP contribution in [0.5, 0.6) is 0 Å². The molecular formula is C24H21Cl2F4N3O2. The molecular weight excluding hydrogens is 509 g/mol. The van der Waals surface area contributed by atoms with E-state index in [1.165, 1.54) is 0 Å². The van der Waals surface area contributed by atoms with Gasteiger partial charge in [-0.3, -0.25) is 4.79 Å². The summed E-state index contributed by atoms with van der Waals surface area (Å²) in [6.07, 6.45) is -3.26. The molecule has 0 spiro atoms. The Kier molecular flexibility index (Phi) is 5.91. The van der Waals surface area contributed by atoms with Crippen LogP contribution in [0.4, 0.5) is 17.6 Å². The van der Waals surface area contributed by atoms with E-state index in [1.54, 1.807) is 11.0 Å². The first-order valence-electron chi connectivity index (χ1n) is 11.1. The molecule has 1 saturated carbocycles. The Morgan fingerprint density at radius 3 is 2.40 bits per heavy atom. The number of hydrogen-bond acceptors (Lipinski definition) is 4. The number of nitrogens with one attached hydrogen (secondary N) is 1. The number of amidine groups is 1. The lowest BCUT2D eigenvalue weighted by atomic mass is 9.89. The number of carbonyl (C=O) groups is 1. The van der Waals surface area contributed by atoms with Crippen molar-refractivity contribution >= 4 is 34.9 Å². The van der Waals surface area contributed by atoms with Gasteiger partial charge in [0, 0.05) is 30.8 Å². The summed E-state index contributed by atoms with van der Waals surface area (Å²) in [6.45, 7) is 3.08. The first-order valence-corrected chi connectivity index (χ1v) is 11.9. The quantitative estimate of drug-likeness (QED) is 0.385. The van der Waals surface area contributed by atoms with Crippen LogP contribution in [0.3, 0.4) is 0 Å². The highest BCUT2D eigenvalue weighted by Crippen LogP contribution is 2.50. The molecule has 0 saturated heterocycles. The first kappa shape index (κ1) is 24.2. The third kappa shape index (κ3) is 4.33. The highest BCUT2D eigenvalue weighted by atomic mass is 35.5. The number of hydrogen-bond donors (Lipinski definition) is 1. The summed E-state index contributed by atoms with van der Waals surface area (Å²) in [7, 11) is 0. The summed E-state index contributed by atoms with van der Waals surface area (Å²) in [5.74, 6) is -0.522. The number of oxime groups is 1. The molecule has 1 fully saturated rings. The minimum Gasteiger partial charge on any atom is -0.372 e. The van der Waals surface area contributed by atoms with Crippen LogP contribution in [-0.4, -0.2) is 29.4 Å². The maximum absolute atomic E-state index is 14.3. The molecule has 1 amide bonds. The minimum absolute atomic E-state index is 0.0903. The third-order valence-corrected chi connectivity index (χ3v) is 7.30. The first-order chi connectivity index (χ1) is 16.5. The highest BCUT2D eigenvalue weighted by molar-refractivity contribution is 6.35. The smallest absolute Gasteiger partial charge is 0.372 e. The molecule has 2 heterocycles. The number of carbonyl (C=O) groups excluding carboxylic acids is 1. The van der Waals surface area contributed by atoms with Crippen molar-refractivity contribution in [2.75, 3.05) is 6.54 Å². The maximum Gasteiger partial charge on any atom is 0.435 e. The van der Waals surface area contributed by atoms with Crippen LogP contribution >= 0.6 is 23.2 Å². The molecule has 11 heteroatoms. The van der Waals surface area contributed by atoms with E-state index in [4.69, 9.17) is 28.0 Å². The fraction of sp³-hybridized carbons (Fsp3) is 0.417. The summed E-state index contributed by atoms with van der Waals surface area (Å²) in [6, 6.07) is 5.40. The Balaban J connectivity index is 1.37. The van der Waals surface area contributed by atoms with Crippen molar-refractivity contribution in [1.82, 2.24) is 10.2 Å². The van der Waals surface area contributed by atoms with E-state index in [2.05, 4.69) is 10.5 Å². The van der Waals surface area contributed by atoms with E-state index >= 15 is 0 Å². The number of benzene rings is 2. The van der Waals surface area contributed by atoms with Gasteiger partial charge in [-0.15, -0.1) is 0 Å². The molecule has 3 aliphatic rings. The number of fused-ring (bicyclic) bond motifs is 1. The van der Waals surface area contributed by atoms with Gasteiger partial charge in [0.15, 0.2) is 5.82 Å². The van der Waals surface area contributed by atoms with Gasteiger partial charge in [0.2, 0.25) is 0 Å². The van der Waals surface area contributed by atoms with E-state index < -0.39 is 39.6 Å². The molecule has 0 aromatic heterocycles. The number of nitrogens with zero attached hydrogens (tertiary/aromatic N) is 2. The number of halogens is 6. The summed E-state index contributed by atoms with van der Waals surface area (Å²) in [5, 5.41) is 5.65. The van der Waals surface area contributed by atoms with Gasteiger partial charge >= 0.3 is 6.18 Å². The molecule has 1 aliphatic carbocycles. The molecule has 35 heavy (non-hydrogen) atoms. The zero-order valence-corrected chi connectivity index (χ0v) is 20.1. The predicted octanol–water partition coefficient (Wildman–Crippen LogP) is 6.09. The molecule has 5 nitrogen and oxygen atoms in total. The van der Waals surface area contributed by atoms with Crippen molar-refractivity contribution < 1.29 is 27.2 Å². The van der Waals surface area contributed by atoms with Crippen molar-refractivity contribution in [3.63, 3.8) is 0 Å². The second kappa shape index (κ2) is 8.55. The van der Waals surface area contributed by atoms with Gasteiger partial charge in [-0.2, -0.15) is 13.2 Å². The molecule has 0 radical (unpaired) electrons. The highest BCUT2D eigenvalue weighted by Gasteiger charge is 2.63. The Morgan fingerprint density at radius 1 is 1.17 bits per heavy atom. The standard InChI is InChI=1S/C24H21Cl2F4N3O2/c1-12-4-14-10-33(11-15(14)5-17(12)22(34)31-9-13-2-3-13)20-8-23(35-32-20,24(28,29)30)16-6-18(25)21(27)19(26)7-16/h4-7,13H,2-3,8-11H2,1H3,(H,31,34). The molecule has 5 rings (SSSR count). The number of amides is 1. The van der Waals surface area contributed by atoms with Gasteiger partial charge in [0.25, 0.3) is 11.5 Å². The average Bonchev–Trinajstić information content (AvgIpc) is 3.34. The number of rotatable bonds is 4. The fourth-order valence-corrected chi connectivity index (χ4v) is 4.99. The van der Waals surface area contributed by atoms with Gasteiger partial charge < -0.3 is 15.1 Å². The summed E-state index contributed by atoms with van der Waals surface area (Å²) in [4.78, 5) is 19.3. The number of alkyl halides is 3. The third-order valence-electron chi connectivity index (χ3n) is 6.75. The second-order valence-electron chi connectivity index (χ2n) is 9.30. The Hall–Kier alpha value is -2.52. The fourth-order valence-electron chi connectivity index (χ4n) is 4.50. The summed E-state index contributed by atoms with van der Waals surface area (Å²) in [5.41, 5.74) is -0.183. The van der Waals surface area contributed by atoms with Gasteiger partial charge in [0.1, 0.15) is 5.84 Å². The lowest BCUT2D eigenvalue weighted by Gasteiger charge is -2.30. The van der Waals surface area contributed by atoms with E-state index in [0.29, 0.717) is 24.6 Å². The number of aryl methyl sites for hydroxylation is 1. The van der Waals surface area contributed by atoms with Gasteiger partial charge in [-0.1, -0.05) is 34.4 Å². The van der Waals surface area contributed by atoms with Crippen molar-refractivity contribution in [1.29, 1.82) is 0 Å². The second-order valence-corrected chi connectivity index (χ2v) is 10.1. The molecule has 0 bridgehead atoms. The maximum atomic E-state index is 14.3. The Labute approximate surface area is 209 Å². The van der Waals surface area contributed by atoms with Crippen molar-refractivity contribution in [3.8, 4) is 0 Å². The van der Waals surface area contributed by atoms with Crippen LogP contribution in [0.25, 0.3) is 0 Å². The molecule has 1 N–H and O–H groups in total. The lowest BCUT2D eigenvalue weighted by Crippen LogP contribution is -2.44. The van der Waals surface area contributed by atoms with Crippen LogP contribution in [0.2, 0.25) is 10.0 Å². The van der Waals surface area contributed by atoms with E-state index in [1.807, 2.05) is 13.0 Å². The van der Waals surface area contributed by atoms with Gasteiger partial charge in [-0.05, 0) is 60.6 Å². The van der Waals surface area contributed by atoms with Gasteiger partial charge in [-0.25, -0.2) is 4.39 Å². The van der Waals surface area contributed by atoms with E-state index in [0.717, 1.165) is 41.7 Å². The van der Waals surface area contributed by atoms with Crippen LogP contribution in [-0.2, 0) is 23.5 Å². The summed E-state index contributed by atoms with van der Waals surface area (Å²) >= 11 is 11.5. The molecule has 1 unspecified atom stereocenters. The largest absolute Gasteiger partial charge is 0.435 e. The SMILES string of the molecule is Cc1cc2c(cc1C(=O)NCC1CC1)CN(C1=NOC(c3cc(Cl)c(F)c(Cl)c3)(C(F)(F)F)C1)C2. The average molecular weight is 530 g/mol. The van der Waals surface area contributed by atoms with E-state index in [9.17, 15) is 22.4 Å². The Morgan fingerprint density at radius 2 is 1.80 bits per heavy atom. The predicted molar refractivity (Wildman–Crippen MR) is 123 cm³/mol. The van der Waals surface area contributed by atoms with Crippen molar-refractivity contribution in [3.05, 3.63) is 67.9 Å². The zero-order chi connectivity index (χ0) is 25.1. The minimum atomic E-state index is -4.88. The topological polar surface area (TPSA) is 53.9 Å². The lowest BCUT2D eigenvalue weighted by molar-refractivity contribution is -0.275. The summed E-state index contributed by atoms with van der Waals surface area (Å²) < 4.78 is 56.7.